The van der Waals surface area contributed by atoms with E-state index in [1.807, 2.05) is 6.92 Å². The van der Waals surface area contributed by atoms with Crippen LogP contribution in [0.2, 0.25) is 0 Å². The Morgan fingerprint density at radius 2 is 2.17 bits per heavy atom. The Balaban J connectivity index is 2.65. The summed E-state index contributed by atoms with van der Waals surface area (Å²) in [5, 5.41) is 3.32. The molecule has 0 fully saturated rings. The van der Waals surface area contributed by atoms with E-state index in [9.17, 15) is 4.79 Å². The van der Waals surface area contributed by atoms with Gasteiger partial charge in [0.05, 0.1) is 12.4 Å². The molecular formula is C14H21NO2S. The van der Waals surface area contributed by atoms with Crippen LogP contribution in [0.25, 0.3) is 0 Å². The minimum atomic E-state index is -0.155. The van der Waals surface area contributed by atoms with Gasteiger partial charge in [-0.1, -0.05) is 24.6 Å². The summed E-state index contributed by atoms with van der Waals surface area (Å²) in [4.78, 5) is 12.5. The third-order valence-electron chi connectivity index (χ3n) is 2.43. The fourth-order valence-corrected chi connectivity index (χ4v) is 2.42. The summed E-state index contributed by atoms with van der Waals surface area (Å²) in [5.74, 6) is 0.216. The fourth-order valence-electron chi connectivity index (χ4n) is 1.59. The van der Waals surface area contributed by atoms with E-state index < -0.39 is 0 Å². The summed E-state index contributed by atoms with van der Waals surface area (Å²) in [6, 6.07) is 6.31. The molecule has 0 amide bonds. The van der Waals surface area contributed by atoms with Gasteiger partial charge in [-0.05, 0) is 32.0 Å². The molecule has 0 bridgehead atoms. The molecule has 0 saturated carbocycles. The van der Waals surface area contributed by atoms with Gasteiger partial charge in [-0.3, -0.25) is 4.79 Å². The smallest absolute Gasteiger partial charge is 0.316 e. The Bertz CT molecular complexity index is 393. The van der Waals surface area contributed by atoms with Gasteiger partial charge in [-0.15, -0.1) is 11.8 Å². The molecule has 0 saturated heterocycles. The number of carbonyl (C=O) groups excluding carboxylic acids is 1. The average molecular weight is 267 g/mol. The van der Waals surface area contributed by atoms with Gasteiger partial charge in [0.2, 0.25) is 0 Å². The van der Waals surface area contributed by atoms with Gasteiger partial charge in [0.15, 0.2) is 0 Å². The summed E-state index contributed by atoms with van der Waals surface area (Å²) < 4.78 is 4.93. The molecule has 1 rings (SSSR count). The highest BCUT2D eigenvalue weighted by molar-refractivity contribution is 8.00. The Morgan fingerprint density at radius 1 is 1.39 bits per heavy atom. The van der Waals surface area contributed by atoms with Crippen molar-refractivity contribution in [3.8, 4) is 0 Å². The fraction of sp³-hybridized carbons (Fsp3) is 0.500. The minimum Gasteiger partial charge on any atom is -0.465 e. The lowest BCUT2D eigenvalue weighted by molar-refractivity contribution is -0.139. The molecule has 0 aliphatic carbocycles. The first-order chi connectivity index (χ1) is 8.67. The summed E-state index contributed by atoms with van der Waals surface area (Å²) in [5.41, 5.74) is 2.48. The van der Waals surface area contributed by atoms with Gasteiger partial charge < -0.3 is 10.1 Å². The first kappa shape index (κ1) is 15.1. The first-order valence-electron chi connectivity index (χ1n) is 6.26. The zero-order valence-corrected chi connectivity index (χ0v) is 12.1. The van der Waals surface area contributed by atoms with E-state index in [2.05, 4.69) is 37.4 Å². The average Bonchev–Trinajstić information content (AvgIpc) is 2.35. The van der Waals surface area contributed by atoms with Crippen molar-refractivity contribution in [3.63, 3.8) is 0 Å². The number of esters is 1. The van der Waals surface area contributed by atoms with Crippen molar-refractivity contribution in [2.75, 3.05) is 18.9 Å². The molecule has 0 heterocycles. The maximum absolute atomic E-state index is 11.3. The van der Waals surface area contributed by atoms with E-state index >= 15 is 0 Å². The number of rotatable bonds is 7. The number of benzene rings is 1. The van der Waals surface area contributed by atoms with E-state index in [0.29, 0.717) is 12.4 Å². The molecule has 1 aromatic rings. The number of ether oxygens (including phenoxy) is 1. The molecule has 0 atom stereocenters. The molecule has 3 nitrogen and oxygen atoms in total. The van der Waals surface area contributed by atoms with Crippen molar-refractivity contribution in [3.05, 3.63) is 29.3 Å². The van der Waals surface area contributed by atoms with Crippen molar-refractivity contribution in [1.29, 1.82) is 0 Å². The number of nitrogens with one attached hydrogen (secondary N) is 1. The molecule has 1 aromatic carbocycles. The summed E-state index contributed by atoms with van der Waals surface area (Å²) in [6.07, 6.45) is 0. The zero-order chi connectivity index (χ0) is 13.4. The summed E-state index contributed by atoms with van der Waals surface area (Å²) >= 11 is 1.54. The highest BCUT2D eigenvalue weighted by Gasteiger charge is 2.07. The van der Waals surface area contributed by atoms with Gasteiger partial charge in [0.1, 0.15) is 0 Å². The van der Waals surface area contributed by atoms with Gasteiger partial charge in [-0.2, -0.15) is 0 Å². The Hall–Kier alpha value is -1.00. The van der Waals surface area contributed by atoms with Crippen LogP contribution in [0, 0.1) is 6.92 Å². The molecule has 0 unspecified atom stereocenters. The van der Waals surface area contributed by atoms with Crippen molar-refractivity contribution in [1.82, 2.24) is 5.32 Å². The van der Waals surface area contributed by atoms with Crippen molar-refractivity contribution >= 4 is 17.7 Å². The Kier molecular flexibility index (Phi) is 6.83. The van der Waals surface area contributed by atoms with Gasteiger partial charge in [0.25, 0.3) is 0 Å². The topological polar surface area (TPSA) is 38.3 Å². The summed E-state index contributed by atoms with van der Waals surface area (Å²) in [6.45, 7) is 8.21. The quantitative estimate of drug-likeness (QED) is 0.609. The number of hydrogen-bond donors (Lipinski definition) is 1. The molecule has 0 spiro atoms. The van der Waals surface area contributed by atoms with Gasteiger partial charge in [0, 0.05) is 11.4 Å². The van der Waals surface area contributed by atoms with Crippen molar-refractivity contribution < 1.29 is 9.53 Å². The lowest BCUT2D eigenvalue weighted by Crippen LogP contribution is -2.13. The molecule has 4 heteroatoms. The highest BCUT2D eigenvalue weighted by atomic mass is 32.2. The number of aryl methyl sites for hydroxylation is 1. The third-order valence-corrected chi connectivity index (χ3v) is 3.52. The minimum absolute atomic E-state index is 0.155. The van der Waals surface area contributed by atoms with Crippen LogP contribution in [0.4, 0.5) is 0 Å². The van der Waals surface area contributed by atoms with E-state index in [4.69, 9.17) is 4.74 Å². The number of thioether (sulfide) groups is 1. The van der Waals surface area contributed by atoms with Crippen molar-refractivity contribution in [2.24, 2.45) is 0 Å². The second-order valence-corrected chi connectivity index (χ2v) is 5.00. The van der Waals surface area contributed by atoms with Crippen LogP contribution >= 0.6 is 11.8 Å². The Labute approximate surface area is 113 Å². The first-order valence-corrected chi connectivity index (χ1v) is 7.24. The lowest BCUT2D eigenvalue weighted by Gasteiger charge is -2.10. The van der Waals surface area contributed by atoms with E-state index in [0.717, 1.165) is 18.0 Å². The van der Waals surface area contributed by atoms with Crippen molar-refractivity contribution in [2.45, 2.75) is 32.2 Å². The zero-order valence-electron chi connectivity index (χ0n) is 11.3. The normalized spacial score (nSPS) is 10.4. The molecular weight excluding hydrogens is 246 g/mol. The molecule has 100 valence electrons. The van der Waals surface area contributed by atoms with Crippen LogP contribution in [0.1, 0.15) is 25.0 Å². The SMILES string of the molecule is CCNCc1cc(C)ccc1SCC(=O)OCC. The molecule has 0 radical (unpaired) electrons. The Morgan fingerprint density at radius 3 is 2.83 bits per heavy atom. The van der Waals surface area contributed by atoms with Crippen LogP contribution in [0.15, 0.2) is 23.1 Å². The molecule has 0 aliphatic rings. The lowest BCUT2D eigenvalue weighted by atomic mass is 10.1. The van der Waals surface area contributed by atoms with Crippen LogP contribution in [0.5, 0.6) is 0 Å². The van der Waals surface area contributed by atoms with E-state index in [-0.39, 0.29) is 5.97 Å². The van der Waals surface area contributed by atoms with Crippen LogP contribution in [-0.2, 0) is 16.1 Å². The van der Waals surface area contributed by atoms with E-state index in [1.165, 1.54) is 22.9 Å². The summed E-state index contributed by atoms with van der Waals surface area (Å²) in [7, 11) is 0. The largest absolute Gasteiger partial charge is 0.465 e. The molecule has 1 N–H and O–H groups in total. The number of carbonyl (C=O) groups is 1. The molecule has 18 heavy (non-hydrogen) atoms. The van der Waals surface area contributed by atoms with Gasteiger partial charge in [-0.25, -0.2) is 0 Å². The second kappa shape index (κ2) is 8.16. The van der Waals surface area contributed by atoms with Crippen LogP contribution in [0.3, 0.4) is 0 Å². The van der Waals surface area contributed by atoms with E-state index in [1.54, 1.807) is 0 Å². The van der Waals surface area contributed by atoms with Gasteiger partial charge >= 0.3 is 5.97 Å². The second-order valence-electron chi connectivity index (χ2n) is 3.99. The molecule has 0 aromatic heterocycles. The standard InChI is InChI=1S/C14H21NO2S/c1-4-15-9-12-8-11(3)6-7-13(12)18-10-14(16)17-5-2/h6-8,15H,4-5,9-10H2,1-3H3. The predicted molar refractivity (Wildman–Crippen MR) is 75.9 cm³/mol. The van der Waals surface area contributed by atoms with Crippen LogP contribution < -0.4 is 5.32 Å². The monoisotopic (exact) mass is 267 g/mol. The predicted octanol–water partition coefficient (Wildman–Crippen LogP) is 2.76. The number of hydrogen-bond acceptors (Lipinski definition) is 4. The highest BCUT2D eigenvalue weighted by Crippen LogP contribution is 2.24. The maximum atomic E-state index is 11.3. The van der Waals surface area contributed by atoms with Crippen LogP contribution in [-0.4, -0.2) is 24.9 Å². The molecule has 0 aliphatic heterocycles. The third kappa shape index (κ3) is 5.10. The maximum Gasteiger partial charge on any atom is 0.316 e.